The smallest absolute Gasteiger partial charge is 0.225 e. The summed E-state index contributed by atoms with van der Waals surface area (Å²) in [7, 11) is 0. The molecule has 4 nitrogen and oxygen atoms in total. The fraction of sp³-hybridized carbons (Fsp3) is 0.944. The molecule has 1 amide bonds. The Hall–Kier alpha value is -0.610. The van der Waals surface area contributed by atoms with Crippen molar-refractivity contribution in [1.82, 2.24) is 15.1 Å². The van der Waals surface area contributed by atoms with Crippen molar-refractivity contribution in [3.63, 3.8) is 0 Å². The lowest BCUT2D eigenvalue weighted by atomic mass is 9.88. The van der Waals surface area contributed by atoms with Gasteiger partial charge < -0.3 is 15.1 Å². The fourth-order valence-electron chi connectivity index (χ4n) is 4.26. The van der Waals surface area contributed by atoms with E-state index in [1.165, 1.54) is 45.2 Å². The molecular weight excluding hydrogens is 274 g/mol. The second-order valence-electron chi connectivity index (χ2n) is 7.69. The van der Waals surface area contributed by atoms with E-state index in [2.05, 4.69) is 22.0 Å². The standard InChI is InChI=1S/C18H33N3O/c1-15(17-12-19-13-17)18(22)21-9-5-8-20(10-11-21)14-16-6-3-2-4-7-16/h15-17,19H,2-14H2,1H3. The summed E-state index contributed by atoms with van der Waals surface area (Å²) in [5, 5.41) is 3.29. The summed E-state index contributed by atoms with van der Waals surface area (Å²) in [6.07, 6.45) is 8.28. The molecule has 0 aromatic rings. The number of carbonyl (C=O) groups is 1. The molecule has 0 spiro atoms. The highest BCUT2D eigenvalue weighted by Gasteiger charge is 2.32. The first-order valence-corrected chi connectivity index (χ1v) is 9.46. The molecule has 1 aliphatic carbocycles. The van der Waals surface area contributed by atoms with E-state index in [1.54, 1.807) is 0 Å². The molecule has 126 valence electrons. The van der Waals surface area contributed by atoms with Crippen molar-refractivity contribution in [1.29, 1.82) is 0 Å². The third-order valence-electron chi connectivity index (χ3n) is 6.05. The van der Waals surface area contributed by atoms with Crippen LogP contribution < -0.4 is 5.32 Å². The summed E-state index contributed by atoms with van der Waals surface area (Å²) in [6.45, 7) is 9.60. The van der Waals surface area contributed by atoms with Crippen LogP contribution in [0.25, 0.3) is 0 Å². The summed E-state index contributed by atoms with van der Waals surface area (Å²) < 4.78 is 0. The Kier molecular flexibility index (Phi) is 5.75. The summed E-state index contributed by atoms with van der Waals surface area (Å²) in [4.78, 5) is 17.4. The van der Waals surface area contributed by atoms with E-state index in [0.717, 1.165) is 45.1 Å². The van der Waals surface area contributed by atoms with Crippen LogP contribution in [0.5, 0.6) is 0 Å². The normalized spacial score (nSPS) is 27.2. The van der Waals surface area contributed by atoms with Crippen LogP contribution in [0, 0.1) is 17.8 Å². The molecule has 22 heavy (non-hydrogen) atoms. The topological polar surface area (TPSA) is 35.6 Å². The van der Waals surface area contributed by atoms with E-state index < -0.39 is 0 Å². The van der Waals surface area contributed by atoms with Gasteiger partial charge in [0, 0.05) is 32.1 Å². The number of rotatable bonds is 4. The highest BCUT2D eigenvalue weighted by molar-refractivity contribution is 5.79. The van der Waals surface area contributed by atoms with Gasteiger partial charge in [0.1, 0.15) is 0 Å². The van der Waals surface area contributed by atoms with Crippen LogP contribution in [0.2, 0.25) is 0 Å². The summed E-state index contributed by atoms with van der Waals surface area (Å²) in [5.41, 5.74) is 0. The number of carbonyl (C=O) groups excluding carboxylic acids is 1. The minimum absolute atomic E-state index is 0.200. The van der Waals surface area contributed by atoms with Crippen LogP contribution >= 0.6 is 0 Å². The molecule has 1 saturated carbocycles. The molecule has 2 heterocycles. The van der Waals surface area contributed by atoms with Gasteiger partial charge in [0.25, 0.3) is 0 Å². The van der Waals surface area contributed by atoms with Crippen LogP contribution in [0.4, 0.5) is 0 Å². The van der Waals surface area contributed by atoms with Crippen molar-refractivity contribution in [3.05, 3.63) is 0 Å². The predicted molar refractivity (Wildman–Crippen MR) is 89.7 cm³/mol. The molecule has 0 aromatic heterocycles. The molecule has 2 aliphatic heterocycles. The predicted octanol–water partition coefficient (Wildman–Crippen LogP) is 1.96. The maximum atomic E-state index is 12.7. The van der Waals surface area contributed by atoms with Crippen LogP contribution in [-0.2, 0) is 4.79 Å². The third kappa shape index (κ3) is 4.02. The van der Waals surface area contributed by atoms with Crippen LogP contribution in [0.15, 0.2) is 0 Å². The Labute approximate surface area is 135 Å². The van der Waals surface area contributed by atoms with Crippen molar-refractivity contribution in [3.8, 4) is 0 Å². The first-order valence-electron chi connectivity index (χ1n) is 9.46. The summed E-state index contributed by atoms with van der Waals surface area (Å²) in [5.74, 6) is 2.07. The highest BCUT2D eigenvalue weighted by atomic mass is 16.2. The molecule has 1 atom stereocenters. The highest BCUT2D eigenvalue weighted by Crippen LogP contribution is 2.25. The molecule has 2 saturated heterocycles. The van der Waals surface area contributed by atoms with E-state index in [4.69, 9.17) is 0 Å². The fourth-order valence-corrected chi connectivity index (χ4v) is 4.26. The van der Waals surface area contributed by atoms with E-state index in [0.29, 0.717) is 11.8 Å². The minimum Gasteiger partial charge on any atom is -0.341 e. The largest absolute Gasteiger partial charge is 0.341 e. The second-order valence-corrected chi connectivity index (χ2v) is 7.69. The van der Waals surface area contributed by atoms with Crippen LogP contribution in [0.1, 0.15) is 45.4 Å². The minimum atomic E-state index is 0.200. The lowest BCUT2D eigenvalue weighted by molar-refractivity contribution is -0.137. The van der Waals surface area contributed by atoms with E-state index in [-0.39, 0.29) is 5.92 Å². The van der Waals surface area contributed by atoms with Crippen molar-refractivity contribution >= 4 is 5.91 Å². The summed E-state index contributed by atoms with van der Waals surface area (Å²) in [6, 6.07) is 0. The lowest BCUT2D eigenvalue weighted by Gasteiger charge is -2.35. The molecular formula is C18H33N3O. The van der Waals surface area contributed by atoms with E-state index in [1.807, 2.05) is 0 Å². The molecule has 3 fully saturated rings. The van der Waals surface area contributed by atoms with Crippen molar-refractivity contribution in [2.75, 3.05) is 45.8 Å². The Morgan fingerprint density at radius 2 is 1.82 bits per heavy atom. The number of nitrogens with one attached hydrogen (secondary N) is 1. The molecule has 0 bridgehead atoms. The third-order valence-corrected chi connectivity index (χ3v) is 6.05. The van der Waals surface area contributed by atoms with Crippen molar-refractivity contribution in [2.24, 2.45) is 17.8 Å². The zero-order valence-electron chi connectivity index (χ0n) is 14.2. The number of nitrogens with zero attached hydrogens (tertiary/aromatic N) is 2. The summed E-state index contributed by atoms with van der Waals surface area (Å²) >= 11 is 0. The monoisotopic (exact) mass is 307 g/mol. The van der Waals surface area contributed by atoms with Crippen molar-refractivity contribution in [2.45, 2.75) is 45.4 Å². The van der Waals surface area contributed by atoms with Gasteiger partial charge in [0.15, 0.2) is 0 Å². The Bertz CT molecular complexity index is 363. The molecule has 3 rings (SSSR count). The van der Waals surface area contributed by atoms with Gasteiger partial charge in [-0.1, -0.05) is 26.2 Å². The van der Waals surface area contributed by atoms with Gasteiger partial charge >= 0.3 is 0 Å². The average Bonchev–Trinajstić information content (AvgIpc) is 2.71. The van der Waals surface area contributed by atoms with Gasteiger partial charge in [0.2, 0.25) is 5.91 Å². The Morgan fingerprint density at radius 3 is 2.50 bits per heavy atom. The van der Waals surface area contributed by atoms with Gasteiger partial charge in [0.05, 0.1) is 0 Å². The Balaban J connectivity index is 1.45. The SMILES string of the molecule is CC(C(=O)N1CCCN(CC2CCCCC2)CC1)C1CNC1. The van der Waals surface area contributed by atoms with Crippen molar-refractivity contribution < 1.29 is 4.79 Å². The first kappa shape index (κ1) is 16.3. The van der Waals surface area contributed by atoms with Gasteiger partial charge in [-0.2, -0.15) is 0 Å². The van der Waals surface area contributed by atoms with E-state index in [9.17, 15) is 4.79 Å². The quantitative estimate of drug-likeness (QED) is 0.862. The first-order chi connectivity index (χ1) is 10.7. The molecule has 3 aliphatic rings. The van der Waals surface area contributed by atoms with E-state index >= 15 is 0 Å². The number of hydrogen-bond acceptors (Lipinski definition) is 3. The maximum absolute atomic E-state index is 12.7. The molecule has 1 unspecified atom stereocenters. The van der Waals surface area contributed by atoms with Gasteiger partial charge in [-0.05, 0) is 50.7 Å². The lowest BCUT2D eigenvalue weighted by Crippen LogP contribution is -2.51. The zero-order valence-corrected chi connectivity index (χ0v) is 14.2. The zero-order chi connectivity index (χ0) is 15.4. The van der Waals surface area contributed by atoms with Crippen LogP contribution in [0.3, 0.4) is 0 Å². The Morgan fingerprint density at radius 1 is 1.05 bits per heavy atom. The average molecular weight is 307 g/mol. The van der Waals surface area contributed by atoms with Gasteiger partial charge in [-0.25, -0.2) is 0 Å². The van der Waals surface area contributed by atoms with Gasteiger partial charge in [-0.15, -0.1) is 0 Å². The molecule has 1 N–H and O–H groups in total. The molecule has 4 heteroatoms. The van der Waals surface area contributed by atoms with Gasteiger partial charge in [-0.3, -0.25) is 4.79 Å². The van der Waals surface area contributed by atoms with Crippen LogP contribution in [-0.4, -0.2) is 61.5 Å². The molecule has 0 radical (unpaired) electrons. The second kappa shape index (κ2) is 7.78. The molecule has 0 aromatic carbocycles. The maximum Gasteiger partial charge on any atom is 0.225 e. The number of hydrogen-bond donors (Lipinski definition) is 1. The number of amides is 1.